The molecule has 1 aliphatic heterocycles. The van der Waals surface area contributed by atoms with Gasteiger partial charge in [-0.1, -0.05) is 18.2 Å². The molecule has 0 unspecified atom stereocenters. The number of nitrogens with zero attached hydrogens (tertiary/aromatic N) is 3. The number of benzene rings is 1. The average Bonchev–Trinajstić information content (AvgIpc) is 2.53. The van der Waals surface area contributed by atoms with E-state index in [1.807, 2.05) is 39.0 Å². The Bertz CT molecular complexity index is 870. The van der Waals surface area contributed by atoms with Gasteiger partial charge in [0.25, 0.3) is 0 Å². The van der Waals surface area contributed by atoms with Crippen LogP contribution in [0.5, 0.6) is 0 Å². The summed E-state index contributed by atoms with van der Waals surface area (Å²) in [7, 11) is 0. The van der Waals surface area contributed by atoms with E-state index in [2.05, 4.69) is 35.2 Å². The molecule has 0 aliphatic carbocycles. The van der Waals surface area contributed by atoms with E-state index in [1.165, 1.54) is 11.1 Å². The Balaban J connectivity index is 1.60. The van der Waals surface area contributed by atoms with Gasteiger partial charge in [-0.05, 0) is 45.7 Å². The molecule has 3 rings (SSSR count). The smallest absolute Gasteiger partial charge is 0.410 e. The first kappa shape index (κ1) is 19.9. The van der Waals surface area contributed by atoms with Gasteiger partial charge in [-0.15, -0.1) is 0 Å². The summed E-state index contributed by atoms with van der Waals surface area (Å²) in [5, 5.41) is 3.33. The summed E-state index contributed by atoms with van der Waals surface area (Å²) in [6.07, 6.45) is -0.257. The number of nitrogen functional groups attached to an aromatic ring is 1. The number of carbonyl (C=O) groups excluding carboxylic acids is 1. The lowest BCUT2D eigenvalue weighted by molar-refractivity contribution is 0.000840. The van der Waals surface area contributed by atoms with Crippen LogP contribution < -0.4 is 11.1 Å². The van der Waals surface area contributed by atoms with E-state index >= 15 is 0 Å². The lowest BCUT2D eigenvalue weighted by Gasteiger charge is -2.39. The number of nitrogens with one attached hydrogen (secondary N) is 1. The van der Waals surface area contributed by atoms with Crippen molar-refractivity contribution in [2.45, 2.75) is 40.2 Å². The molecule has 0 radical (unpaired) electrons. The van der Waals surface area contributed by atoms with E-state index in [0.717, 1.165) is 11.3 Å². The first-order valence-electron chi connectivity index (χ1n) is 9.55. The summed E-state index contributed by atoms with van der Waals surface area (Å²) in [4.78, 5) is 22.4. The van der Waals surface area contributed by atoms with Crippen molar-refractivity contribution >= 4 is 17.9 Å². The summed E-state index contributed by atoms with van der Waals surface area (Å²) in [6, 6.07) is 8.05. The van der Waals surface area contributed by atoms with E-state index in [4.69, 9.17) is 10.5 Å². The van der Waals surface area contributed by atoms with Crippen molar-refractivity contribution in [3.63, 3.8) is 0 Å². The number of anilines is 2. The van der Waals surface area contributed by atoms with E-state index in [0.29, 0.717) is 31.4 Å². The topological polar surface area (TPSA) is 93.4 Å². The SMILES string of the molecule is Cc1cccc(-c2cc(NCC3CN(C(=O)OC(C)(C)C)C3)nc(N)n2)c1C. The van der Waals surface area contributed by atoms with Crippen LogP contribution in [-0.2, 0) is 4.74 Å². The Morgan fingerprint density at radius 3 is 2.68 bits per heavy atom. The molecule has 0 atom stereocenters. The van der Waals surface area contributed by atoms with Crippen LogP contribution in [0.4, 0.5) is 16.6 Å². The number of aromatic nitrogens is 2. The highest BCUT2D eigenvalue weighted by Crippen LogP contribution is 2.26. The zero-order chi connectivity index (χ0) is 20.5. The summed E-state index contributed by atoms with van der Waals surface area (Å²) in [5.74, 6) is 1.29. The van der Waals surface area contributed by atoms with E-state index in [1.54, 1.807) is 4.90 Å². The molecular formula is C21H29N5O2. The molecule has 1 aliphatic rings. The van der Waals surface area contributed by atoms with Crippen LogP contribution in [-0.4, -0.2) is 46.2 Å². The normalized spacial score (nSPS) is 14.5. The zero-order valence-corrected chi connectivity index (χ0v) is 17.2. The largest absolute Gasteiger partial charge is 0.444 e. The monoisotopic (exact) mass is 383 g/mol. The van der Waals surface area contributed by atoms with Crippen LogP contribution in [0.2, 0.25) is 0 Å². The van der Waals surface area contributed by atoms with Gasteiger partial charge in [0.2, 0.25) is 5.95 Å². The average molecular weight is 383 g/mol. The maximum atomic E-state index is 12.0. The molecular weight excluding hydrogens is 354 g/mol. The van der Waals surface area contributed by atoms with Crippen LogP contribution in [0.3, 0.4) is 0 Å². The van der Waals surface area contributed by atoms with Gasteiger partial charge < -0.3 is 20.7 Å². The summed E-state index contributed by atoms with van der Waals surface area (Å²) in [5.41, 5.74) is 9.70. The predicted octanol–water partition coefficient (Wildman–Crippen LogP) is 3.62. The van der Waals surface area contributed by atoms with Crippen LogP contribution in [0.1, 0.15) is 31.9 Å². The van der Waals surface area contributed by atoms with Gasteiger partial charge in [0.15, 0.2) is 0 Å². The fourth-order valence-corrected chi connectivity index (χ4v) is 3.15. The second-order valence-corrected chi connectivity index (χ2v) is 8.38. The maximum absolute atomic E-state index is 12.0. The second kappa shape index (κ2) is 7.66. The molecule has 1 amide bonds. The van der Waals surface area contributed by atoms with E-state index in [-0.39, 0.29) is 12.0 Å². The maximum Gasteiger partial charge on any atom is 0.410 e. The highest BCUT2D eigenvalue weighted by Gasteiger charge is 2.33. The minimum atomic E-state index is -0.469. The van der Waals surface area contributed by atoms with E-state index < -0.39 is 5.60 Å². The Kier molecular flexibility index (Phi) is 5.45. The third kappa shape index (κ3) is 4.71. The molecule has 1 fully saturated rings. The highest BCUT2D eigenvalue weighted by molar-refractivity contribution is 5.69. The zero-order valence-electron chi connectivity index (χ0n) is 17.2. The van der Waals surface area contributed by atoms with E-state index in [9.17, 15) is 4.79 Å². The number of ether oxygens (including phenoxy) is 1. The fraction of sp³-hybridized carbons (Fsp3) is 0.476. The third-order valence-electron chi connectivity index (χ3n) is 4.80. The number of aryl methyl sites for hydroxylation is 1. The molecule has 3 N–H and O–H groups in total. The molecule has 2 heterocycles. The van der Waals surface area contributed by atoms with Crippen LogP contribution >= 0.6 is 0 Å². The Morgan fingerprint density at radius 1 is 1.29 bits per heavy atom. The Hall–Kier alpha value is -2.83. The Morgan fingerprint density at radius 2 is 2.00 bits per heavy atom. The van der Waals surface area contributed by atoms with Gasteiger partial charge in [-0.2, -0.15) is 4.98 Å². The predicted molar refractivity (Wildman–Crippen MR) is 111 cm³/mol. The second-order valence-electron chi connectivity index (χ2n) is 8.38. The van der Waals surface area contributed by atoms with Gasteiger partial charge in [0.05, 0.1) is 5.69 Å². The minimum Gasteiger partial charge on any atom is -0.444 e. The number of carbonyl (C=O) groups is 1. The van der Waals surface area contributed by atoms with Gasteiger partial charge in [-0.25, -0.2) is 9.78 Å². The standard InChI is InChI=1S/C21H29N5O2/c1-13-7-6-8-16(14(13)2)17-9-18(25-19(22)24-17)23-10-15-11-26(12-15)20(27)28-21(3,4)5/h6-9,15H,10-12H2,1-5H3,(H3,22,23,24,25). The quantitative estimate of drug-likeness (QED) is 0.837. The fourth-order valence-electron chi connectivity index (χ4n) is 3.15. The summed E-state index contributed by atoms with van der Waals surface area (Å²) in [6.45, 7) is 11.8. The van der Waals surface area contributed by atoms with Crippen molar-refractivity contribution in [3.05, 3.63) is 35.4 Å². The van der Waals surface area contributed by atoms with Gasteiger partial charge in [-0.3, -0.25) is 0 Å². The molecule has 1 aromatic carbocycles. The van der Waals surface area contributed by atoms with Crippen molar-refractivity contribution in [1.29, 1.82) is 0 Å². The summed E-state index contributed by atoms with van der Waals surface area (Å²) < 4.78 is 5.38. The summed E-state index contributed by atoms with van der Waals surface area (Å²) >= 11 is 0. The Labute approximate surface area is 166 Å². The molecule has 0 saturated carbocycles. The minimum absolute atomic E-state index is 0.241. The lowest BCUT2D eigenvalue weighted by atomic mass is 10.00. The molecule has 0 spiro atoms. The van der Waals surface area contributed by atoms with Gasteiger partial charge >= 0.3 is 6.09 Å². The first-order chi connectivity index (χ1) is 13.1. The number of hydrogen-bond acceptors (Lipinski definition) is 6. The van der Waals surface area contributed by atoms with Crippen molar-refractivity contribution in [3.8, 4) is 11.3 Å². The number of rotatable bonds is 4. The van der Waals surface area contributed by atoms with Crippen LogP contribution in [0, 0.1) is 19.8 Å². The first-order valence-corrected chi connectivity index (χ1v) is 9.55. The van der Waals surface area contributed by atoms with Gasteiger partial charge in [0.1, 0.15) is 11.4 Å². The highest BCUT2D eigenvalue weighted by atomic mass is 16.6. The lowest BCUT2D eigenvalue weighted by Crippen LogP contribution is -2.53. The number of amides is 1. The van der Waals surface area contributed by atoms with Crippen LogP contribution in [0.15, 0.2) is 24.3 Å². The molecule has 7 nitrogen and oxygen atoms in total. The molecule has 28 heavy (non-hydrogen) atoms. The van der Waals surface area contributed by atoms with Crippen molar-refractivity contribution < 1.29 is 9.53 Å². The number of nitrogens with two attached hydrogens (primary N) is 1. The van der Waals surface area contributed by atoms with Crippen molar-refractivity contribution in [2.75, 3.05) is 30.7 Å². The molecule has 0 bridgehead atoms. The molecule has 2 aromatic rings. The molecule has 1 aromatic heterocycles. The molecule has 7 heteroatoms. The molecule has 150 valence electrons. The van der Waals surface area contributed by atoms with Gasteiger partial charge in [0, 0.05) is 37.2 Å². The molecule has 1 saturated heterocycles. The number of likely N-dealkylation sites (tertiary alicyclic amines) is 1. The van der Waals surface area contributed by atoms with Crippen molar-refractivity contribution in [1.82, 2.24) is 14.9 Å². The number of hydrogen-bond donors (Lipinski definition) is 2. The van der Waals surface area contributed by atoms with Crippen molar-refractivity contribution in [2.24, 2.45) is 5.92 Å². The van der Waals surface area contributed by atoms with Crippen LogP contribution in [0.25, 0.3) is 11.3 Å². The third-order valence-corrected chi connectivity index (χ3v) is 4.80.